The normalized spacial score (nSPS) is 10.6. The lowest BCUT2D eigenvalue weighted by Crippen LogP contribution is -2.24. The van der Waals surface area contributed by atoms with E-state index < -0.39 is 5.91 Å². The zero-order chi connectivity index (χ0) is 15.9. The maximum absolute atomic E-state index is 11.5. The Morgan fingerprint density at radius 2 is 2.09 bits per heavy atom. The molecule has 0 radical (unpaired) electrons. The van der Waals surface area contributed by atoms with Crippen LogP contribution >= 0.6 is 11.6 Å². The molecule has 0 bridgehead atoms. The lowest BCUT2D eigenvalue weighted by atomic mass is 10.2. The number of phenols is 2. The number of amides is 1. The summed E-state index contributed by atoms with van der Waals surface area (Å²) in [5.41, 5.74) is 2.52. The van der Waals surface area contributed by atoms with Gasteiger partial charge in [0.15, 0.2) is 6.61 Å². The number of benzene rings is 2. The van der Waals surface area contributed by atoms with E-state index in [0.717, 1.165) is 0 Å². The van der Waals surface area contributed by atoms with E-state index in [1.54, 1.807) is 24.3 Å². The highest BCUT2D eigenvalue weighted by molar-refractivity contribution is 6.30. The monoisotopic (exact) mass is 320 g/mol. The van der Waals surface area contributed by atoms with Crippen molar-refractivity contribution < 1.29 is 19.7 Å². The second kappa shape index (κ2) is 7.33. The second-order valence-electron chi connectivity index (χ2n) is 4.28. The van der Waals surface area contributed by atoms with Crippen molar-refractivity contribution in [2.45, 2.75) is 0 Å². The molecule has 1 amide bonds. The smallest absolute Gasteiger partial charge is 0.277 e. The number of rotatable bonds is 5. The molecule has 0 aliphatic heterocycles. The van der Waals surface area contributed by atoms with E-state index in [-0.39, 0.29) is 23.7 Å². The van der Waals surface area contributed by atoms with Crippen molar-refractivity contribution in [3.8, 4) is 17.2 Å². The third-order valence-electron chi connectivity index (χ3n) is 2.57. The Balaban J connectivity index is 1.85. The van der Waals surface area contributed by atoms with Gasteiger partial charge in [0.2, 0.25) is 0 Å². The zero-order valence-corrected chi connectivity index (χ0v) is 12.1. The minimum absolute atomic E-state index is 0.0186. The predicted molar refractivity (Wildman–Crippen MR) is 82.5 cm³/mol. The van der Waals surface area contributed by atoms with Crippen molar-refractivity contribution in [2.75, 3.05) is 6.61 Å². The summed E-state index contributed by atoms with van der Waals surface area (Å²) in [4.78, 5) is 11.5. The first-order valence-electron chi connectivity index (χ1n) is 6.27. The van der Waals surface area contributed by atoms with Gasteiger partial charge in [-0.3, -0.25) is 4.79 Å². The number of hydrazone groups is 1. The number of nitrogens with one attached hydrogen (secondary N) is 1. The van der Waals surface area contributed by atoms with E-state index in [4.69, 9.17) is 16.3 Å². The molecule has 0 unspecified atom stereocenters. The van der Waals surface area contributed by atoms with Crippen LogP contribution < -0.4 is 10.2 Å². The third-order valence-corrected chi connectivity index (χ3v) is 2.81. The van der Waals surface area contributed by atoms with Crippen LogP contribution in [0.5, 0.6) is 17.2 Å². The molecule has 0 fully saturated rings. The average molecular weight is 321 g/mol. The van der Waals surface area contributed by atoms with Gasteiger partial charge in [0.25, 0.3) is 5.91 Å². The molecule has 0 saturated carbocycles. The first kappa shape index (κ1) is 15.7. The quantitative estimate of drug-likeness (QED) is 0.448. The molecule has 7 heteroatoms. The van der Waals surface area contributed by atoms with E-state index >= 15 is 0 Å². The first-order chi connectivity index (χ1) is 10.5. The van der Waals surface area contributed by atoms with Gasteiger partial charge in [-0.2, -0.15) is 5.10 Å². The third kappa shape index (κ3) is 4.68. The van der Waals surface area contributed by atoms with Crippen LogP contribution in [0.25, 0.3) is 0 Å². The minimum atomic E-state index is -0.476. The molecule has 6 nitrogen and oxygen atoms in total. The van der Waals surface area contributed by atoms with E-state index in [9.17, 15) is 15.0 Å². The van der Waals surface area contributed by atoms with Crippen LogP contribution in [0.3, 0.4) is 0 Å². The van der Waals surface area contributed by atoms with Crippen molar-refractivity contribution in [3.63, 3.8) is 0 Å². The van der Waals surface area contributed by atoms with Gasteiger partial charge in [-0.25, -0.2) is 5.43 Å². The number of carbonyl (C=O) groups excluding carboxylic acids is 1. The molecule has 0 saturated heterocycles. The number of hydrogen-bond acceptors (Lipinski definition) is 5. The van der Waals surface area contributed by atoms with Gasteiger partial charge < -0.3 is 14.9 Å². The van der Waals surface area contributed by atoms with Gasteiger partial charge in [-0.15, -0.1) is 0 Å². The van der Waals surface area contributed by atoms with Crippen LogP contribution in [0.1, 0.15) is 5.56 Å². The average Bonchev–Trinajstić information content (AvgIpc) is 2.49. The van der Waals surface area contributed by atoms with Crippen molar-refractivity contribution in [1.82, 2.24) is 5.43 Å². The van der Waals surface area contributed by atoms with Crippen molar-refractivity contribution >= 4 is 23.7 Å². The summed E-state index contributed by atoms with van der Waals surface area (Å²) < 4.78 is 5.23. The lowest BCUT2D eigenvalue weighted by molar-refractivity contribution is -0.123. The molecule has 2 rings (SSSR count). The summed E-state index contributed by atoms with van der Waals surface area (Å²) in [5, 5.41) is 23.0. The summed E-state index contributed by atoms with van der Waals surface area (Å²) in [6, 6.07) is 10.6. The van der Waals surface area contributed by atoms with Gasteiger partial charge in [0, 0.05) is 10.6 Å². The molecule has 0 aliphatic rings. The van der Waals surface area contributed by atoms with E-state index in [2.05, 4.69) is 10.5 Å². The molecule has 2 aromatic carbocycles. The Morgan fingerprint density at radius 3 is 2.86 bits per heavy atom. The van der Waals surface area contributed by atoms with Crippen LogP contribution in [0.4, 0.5) is 0 Å². The minimum Gasteiger partial charge on any atom is -0.508 e. The number of phenolic OH excluding ortho intramolecular Hbond substituents is 2. The van der Waals surface area contributed by atoms with E-state index in [1.807, 2.05) is 0 Å². The van der Waals surface area contributed by atoms with Crippen molar-refractivity contribution in [3.05, 3.63) is 53.1 Å². The maximum atomic E-state index is 11.5. The topological polar surface area (TPSA) is 91.2 Å². The fourth-order valence-electron chi connectivity index (χ4n) is 1.56. The van der Waals surface area contributed by atoms with Crippen LogP contribution in [0, 0.1) is 0 Å². The number of nitrogens with zero attached hydrogens (tertiary/aromatic N) is 1. The molecular formula is C15H13ClN2O4. The fraction of sp³-hybridized carbons (Fsp3) is 0.0667. The Morgan fingerprint density at radius 1 is 1.27 bits per heavy atom. The number of carbonyl (C=O) groups is 1. The van der Waals surface area contributed by atoms with Gasteiger partial charge in [-0.05, 0) is 36.4 Å². The van der Waals surface area contributed by atoms with Gasteiger partial charge in [0.1, 0.15) is 17.2 Å². The highest BCUT2D eigenvalue weighted by atomic mass is 35.5. The van der Waals surface area contributed by atoms with Crippen LogP contribution in [0.2, 0.25) is 5.02 Å². The summed E-state index contributed by atoms with van der Waals surface area (Å²) >= 11 is 5.79. The molecule has 2 aromatic rings. The molecule has 0 aliphatic carbocycles. The highest BCUT2D eigenvalue weighted by Crippen LogP contribution is 2.20. The number of hydrogen-bond donors (Lipinski definition) is 3. The number of halogens is 1. The number of ether oxygens (including phenoxy) is 1. The lowest BCUT2D eigenvalue weighted by Gasteiger charge is -2.05. The van der Waals surface area contributed by atoms with Gasteiger partial charge in [0.05, 0.1) is 6.21 Å². The SMILES string of the molecule is O=C(COc1cccc(Cl)c1)N/N=C/c1cc(O)ccc1O. The molecule has 0 spiro atoms. The van der Waals surface area contributed by atoms with E-state index in [1.165, 1.54) is 24.4 Å². The Labute approximate surface area is 131 Å². The van der Waals surface area contributed by atoms with Gasteiger partial charge >= 0.3 is 0 Å². The largest absolute Gasteiger partial charge is 0.508 e. The number of aromatic hydroxyl groups is 2. The molecular weight excluding hydrogens is 308 g/mol. The Bertz CT molecular complexity index is 704. The first-order valence-corrected chi connectivity index (χ1v) is 6.64. The molecule has 22 heavy (non-hydrogen) atoms. The summed E-state index contributed by atoms with van der Waals surface area (Å²) in [6.45, 7) is -0.232. The standard InChI is InChI=1S/C15H13ClN2O4/c16-11-2-1-3-13(7-11)22-9-15(21)18-17-8-10-6-12(19)4-5-14(10)20/h1-8,19-20H,9H2,(H,18,21)/b17-8+. The molecule has 114 valence electrons. The Kier molecular flexibility index (Phi) is 5.21. The molecule has 0 atom stereocenters. The van der Waals surface area contributed by atoms with E-state index in [0.29, 0.717) is 10.8 Å². The van der Waals surface area contributed by atoms with Crippen LogP contribution in [0.15, 0.2) is 47.6 Å². The fourth-order valence-corrected chi connectivity index (χ4v) is 1.74. The molecule has 3 N–H and O–H groups in total. The molecule has 0 heterocycles. The summed E-state index contributed by atoms with van der Waals surface area (Å²) in [5.74, 6) is -0.0889. The van der Waals surface area contributed by atoms with Crippen LogP contribution in [-0.2, 0) is 4.79 Å². The predicted octanol–water partition coefficient (Wildman–Crippen LogP) is 2.28. The van der Waals surface area contributed by atoms with Crippen molar-refractivity contribution in [1.29, 1.82) is 0 Å². The van der Waals surface area contributed by atoms with Gasteiger partial charge in [-0.1, -0.05) is 17.7 Å². The summed E-state index contributed by atoms with van der Waals surface area (Å²) in [6.07, 6.45) is 1.21. The zero-order valence-electron chi connectivity index (χ0n) is 11.4. The molecule has 0 aromatic heterocycles. The summed E-state index contributed by atoms with van der Waals surface area (Å²) in [7, 11) is 0. The maximum Gasteiger partial charge on any atom is 0.277 e. The van der Waals surface area contributed by atoms with Crippen LogP contribution in [-0.4, -0.2) is 28.9 Å². The Hall–Kier alpha value is -2.73. The second-order valence-corrected chi connectivity index (χ2v) is 4.72. The van der Waals surface area contributed by atoms with Crippen molar-refractivity contribution in [2.24, 2.45) is 5.10 Å². The highest BCUT2D eigenvalue weighted by Gasteiger charge is 2.03.